The highest BCUT2D eigenvalue weighted by Crippen LogP contribution is 2.30. The largest absolute Gasteiger partial charge is 0.369 e. The molecule has 1 saturated heterocycles. The Morgan fingerprint density at radius 1 is 1.24 bits per heavy atom. The molecule has 0 saturated carbocycles. The molecule has 0 radical (unpaired) electrons. The third kappa shape index (κ3) is 3.51. The summed E-state index contributed by atoms with van der Waals surface area (Å²) in [5.41, 5.74) is 0.925. The van der Waals surface area contributed by atoms with Crippen LogP contribution in [0, 0.1) is 0 Å². The van der Waals surface area contributed by atoms with Gasteiger partial charge in [0.15, 0.2) is 5.82 Å². The van der Waals surface area contributed by atoms with Crippen LogP contribution in [-0.4, -0.2) is 48.7 Å². The molecule has 0 unspecified atom stereocenters. The highest BCUT2D eigenvalue weighted by Gasteiger charge is 2.26. The number of hydrogen-bond donors (Lipinski definition) is 0. The number of ether oxygens (including phenoxy) is 1. The van der Waals surface area contributed by atoms with E-state index in [0.717, 1.165) is 37.8 Å². The van der Waals surface area contributed by atoms with Gasteiger partial charge in [-0.3, -0.25) is 9.88 Å². The van der Waals surface area contributed by atoms with Crippen molar-refractivity contribution >= 4 is 27.2 Å². The number of anilines is 1. The van der Waals surface area contributed by atoms with E-state index in [1.54, 1.807) is 12.4 Å². The van der Waals surface area contributed by atoms with E-state index in [1.165, 1.54) is 15.0 Å². The molecule has 1 aromatic carbocycles. The van der Waals surface area contributed by atoms with Crippen molar-refractivity contribution in [2.75, 3.05) is 38.7 Å². The highest BCUT2D eigenvalue weighted by atomic mass is 32.1. The van der Waals surface area contributed by atoms with E-state index < -0.39 is 0 Å². The molecule has 1 aliphatic heterocycles. The first-order chi connectivity index (χ1) is 12.2. The Bertz CT molecular complexity index is 830. The Labute approximate surface area is 151 Å². The van der Waals surface area contributed by atoms with Gasteiger partial charge in [0.2, 0.25) is 0 Å². The van der Waals surface area contributed by atoms with E-state index in [1.807, 2.05) is 30.3 Å². The molecule has 6 heteroatoms. The lowest BCUT2D eigenvalue weighted by molar-refractivity contribution is -0.0345. The molecule has 1 aliphatic rings. The maximum absolute atomic E-state index is 6.01. The molecule has 1 fully saturated rings. The third-order valence-electron chi connectivity index (χ3n) is 4.44. The molecule has 3 heterocycles. The van der Waals surface area contributed by atoms with Gasteiger partial charge in [-0.15, -0.1) is 11.3 Å². The summed E-state index contributed by atoms with van der Waals surface area (Å²) >= 11 is 1.88. The number of rotatable bonds is 4. The predicted octanol–water partition coefficient (Wildman–Crippen LogP) is 3.33. The summed E-state index contributed by atoms with van der Waals surface area (Å²) in [5, 5.41) is 1.33. The molecular formula is C19H22N4OS. The molecule has 25 heavy (non-hydrogen) atoms. The van der Waals surface area contributed by atoms with Crippen LogP contribution in [0.25, 0.3) is 10.1 Å². The highest BCUT2D eigenvalue weighted by molar-refractivity contribution is 7.19. The summed E-state index contributed by atoms with van der Waals surface area (Å²) in [6.07, 6.45) is 3.45. The summed E-state index contributed by atoms with van der Waals surface area (Å²) in [7, 11) is 3.98. The topological polar surface area (TPSA) is 41.5 Å². The van der Waals surface area contributed by atoms with Crippen molar-refractivity contribution in [3.05, 3.63) is 53.3 Å². The molecule has 0 bridgehead atoms. The smallest absolute Gasteiger partial charge is 0.152 e. The molecular weight excluding hydrogens is 332 g/mol. The van der Waals surface area contributed by atoms with Crippen LogP contribution in [0.3, 0.4) is 0 Å². The lowest BCUT2D eigenvalue weighted by atomic mass is 10.2. The number of hydrogen-bond acceptors (Lipinski definition) is 6. The fraction of sp³-hybridized carbons (Fsp3) is 0.368. The van der Waals surface area contributed by atoms with Crippen LogP contribution in [0.15, 0.2) is 42.7 Å². The lowest BCUT2D eigenvalue weighted by Gasteiger charge is -2.33. The lowest BCUT2D eigenvalue weighted by Crippen LogP contribution is -2.38. The predicted molar refractivity (Wildman–Crippen MR) is 102 cm³/mol. The van der Waals surface area contributed by atoms with Crippen molar-refractivity contribution in [1.82, 2.24) is 14.9 Å². The fourth-order valence-electron chi connectivity index (χ4n) is 3.26. The van der Waals surface area contributed by atoms with E-state index in [9.17, 15) is 0 Å². The quantitative estimate of drug-likeness (QED) is 0.719. The Morgan fingerprint density at radius 2 is 2.08 bits per heavy atom. The first kappa shape index (κ1) is 16.4. The van der Waals surface area contributed by atoms with Crippen LogP contribution >= 0.6 is 11.3 Å². The molecule has 5 nitrogen and oxygen atoms in total. The number of benzene rings is 1. The van der Waals surface area contributed by atoms with Crippen molar-refractivity contribution in [1.29, 1.82) is 0 Å². The maximum atomic E-state index is 6.01. The summed E-state index contributed by atoms with van der Waals surface area (Å²) in [4.78, 5) is 14.8. The molecule has 4 rings (SSSR count). The standard InChI is InChI=1S/C19H22N4OS/c1-22(2)19-18(20-7-8-21-19)16-13-23(9-10-24-16)12-15-11-14-5-3-4-6-17(14)25-15/h3-8,11,16H,9-10,12-13H2,1-2H3/t16-/m1/s1. The SMILES string of the molecule is CN(C)c1nccnc1[C@H]1CN(Cc2cc3ccccc3s2)CCO1. The van der Waals surface area contributed by atoms with Gasteiger partial charge in [-0.25, -0.2) is 4.98 Å². The minimum atomic E-state index is -0.0331. The Hall–Kier alpha value is -2.02. The second-order valence-corrected chi connectivity index (χ2v) is 7.67. The summed E-state index contributed by atoms with van der Waals surface area (Å²) in [6, 6.07) is 10.9. The number of fused-ring (bicyclic) bond motifs is 1. The minimum absolute atomic E-state index is 0.0331. The average molecular weight is 354 g/mol. The van der Waals surface area contributed by atoms with Crippen molar-refractivity contribution < 1.29 is 4.74 Å². The molecule has 0 spiro atoms. The van der Waals surface area contributed by atoms with Crippen molar-refractivity contribution in [2.45, 2.75) is 12.6 Å². The van der Waals surface area contributed by atoms with E-state index in [4.69, 9.17) is 4.74 Å². The molecule has 1 atom stereocenters. The summed E-state index contributed by atoms with van der Waals surface area (Å²) in [6.45, 7) is 3.46. The summed E-state index contributed by atoms with van der Waals surface area (Å²) in [5.74, 6) is 0.885. The average Bonchev–Trinajstić information content (AvgIpc) is 3.04. The van der Waals surface area contributed by atoms with Crippen LogP contribution in [-0.2, 0) is 11.3 Å². The number of morpholine rings is 1. The fourth-order valence-corrected chi connectivity index (χ4v) is 4.37. The third-order valence-corrected chi connectivity index (χ3v) is 5.54. The van der Waals surface area contributed by atoms with Gasteiger partial charge in [-0.1, -0.05) is 18.2 Å². The Morgan fingerprint density at radius 3 is 2.92 bits per heavy atom. The number of thiophene rings is 1. The van der Waals surface area contributed by atoms with Crippen LogP contribution in [0.2, 0.25) is 0 Å². The van der Waals surface area contributed by atoms with Gasteiger partial charge >= 0.3 is 0 Å². The van der Waals surface area contributed by atoms with E-state index in [2.05, 4.69) is 45.2 Å². The zero-order valence-corrected chi connectivity index (χ0v) is 15.4. The van der Waals surface area contributed by atoms with Gasteiger partial charge in [0.25, 0.3) is 0 Å². The van der Waals surface area contributed by atoms with Crippen molar-refractivity contribution in [2.24, 2.45) is 0 Å². The molecule has 2 aromatic heterocycles. The normalized spacial score (nSPS) is 18.6. The van der Waals surface area contributed by atoms with Gasteiger partial charge < -0.3 is 9.64 Å². The number of aromatic nitrogens is 2. The first-order valence-electron chi connectivity index (χ1n) is 8.50. The number of nitrogens with zero attached hydrogens (tertiary/aromatic N) is 4. The van der Waals surface area contributed by atoms with Crippen molar-refractivity contribution in [3.8, 4) is 0 Å². The summed E-state index contributed by atoms with van der Waals surface area (Å²) < 4.78 is 7.37. The van der Waals surface area contributed by atoms with Gasteiger partial charge in [-0.2, -0.15) is 0 Å². The molecule has 130 valence electrons. The Kier molecular flexibility index (Phi) is 4.65. The van der Waals surface area contributed by atoms with Crippen LogP contribution in [0.5, 0.6) is 0 Å². The second kappa shape index (κ2) is 7.07. The zero-order valence-electron chi connectivity index (χ0n) is 14.6. The Balaban J connectivity index is 1.51. The van der Waals surface area contributed by atoms with E-state index >= 15 is 0 Å². The van der Waals surface area contributed by atoms with Gasteiger partial charge in [0, 0.05) is 55.7 Å². The zero-order chi connectivity index (χ0) is 17.2. The van der Waals surface area contributed by atoms with Gasteiger partial charge in [0.1, 0.15) is 11.8 Å². The van der Waals surface area contributed by atoms with Crippen LogP contribution in [0.4, 0.5) is 5.82 Å². The van der Waals surface area contributed by atoms with Gasteiger partial charge in [0.05, 0.1) is 6.61 Å². The van der Waals surface area contributed by atoms with Crippen molar-refractivity contribution in [3.63, 3.8) is 0 Å². The molecule has 0 amide bonds. The van der Waals surface area contributed by atoms with E-state index in [0.29, 0.717) is 0 Å². The maximum Gasteiger partial charge on any atom is 0.152 e. The molecule has 3 aromatic rings. The molecule has 0 aliphatic carbocycles. The van der Waals surface area contributed by atoms with Crippen LogP contribution < -0.4 is 4.90 Å². The monoisotopic (exact) mass is 354 g/mol. The minimum Gasteiger partial charge on any atom is -0.369 e. The first-order valence-corrected chi connectivity index (χ1v) is 9.32. The van der Waals surface area contributed by atoms with E-state index in [-0.39, 0.29) is 6.10 Å². The second-order valence-electron chi connectivity index (χ2n) is 6.50. The molecule has 0 N–H and O–H groups in total. The van der Waals surface area contributed by atoms with Gasteiger partial charge in [-0.05, 0) is 17.5 Å². The van der Waals surface area contributed by atoms with Crippen LogP contribution in [0.1, 0.15) is 16.7 Å².